The average Bonchev–Trinajstić information content (AvgIpc) is 3.59. The van der Waals surface area contributed by atoms with Crippen LogP contribution in [0.25, 0.3) is 55.7 Å². The number of benzene rings is 3. The Bertz CT molecular complexity index is 2120. The maximum Gasteiger partial charge on any atom is 0.216 e. The van der Waals surface area contributed by atoms with Crippen LogP contribution in [0.4, 0.5) is 0 Å². The molecule has 3 aromatic carbocycles. The molecule has 0 fully saturated rings. The first-order chi connectivity index (χ1) is 21.4. The Kier molecular flexibility index (Phi) is 8.51. The monoisotopic (exact) mass is 775 g/mol. The molecule has 1 radical (unpaired) electrons. The standard InChI is InChI=1S/C20H19N2OSi.C17H17N2.Ir/c1-13-5-8-16-17-11-14(6-10-19(17)23-20(16)22-13)18-9-7-15(12-21-18)24(2,3)4;1-13(2)12-19-16-11-7-6-10-15(16)18-17(19)14-8-4-3-5-9-14;/h5,7-12H,1-4H3;3-8,10-11,13H,12H2,1-2H3;/q2*-1;/i;12D2;. The molecular formula is C37H36IrN4OSi-2. The fourth-order valence-electron chi connectivity index (χ4n) is 4.97. The number of para-hydroxylation sites is 2. The summed E-state index contributed by atoms with van der Waals surface area (Å²) >= 11 is 0. The zero-order valence-electron chi connectivity index (χ0n) is 27.8. The molecule has 0 bridgehead atoms. The fraction of sp³-hybridized carbons (Fsp3) is 0.216. The summed E-state index contributed by atoms with van der Waals surface area (Å²) in [6.45, 7) is 11.2. The molecule has 0 aliphatic rings. The van der Waals surface area contributed by atoms with Gasteiger partial charge >= 0.3 is 0 Å². The Labute approximate surface area is 276 Å². The first-order valence-electron chi connectivity index (χ1n) is 15.6. The molecule has 5 nitrogen and oxygen atoms in total. The molecule has 0 aliphatic heterocycles. The van der Waals surface area contributed by atoms with Crippen molar-refractivity contribution in [3.05, 3.63) is 109 Å². The van der Waals surface area contributed by atoms with E-state index < -0.39 is 14.6 Å². The summed E-state index contributed by atoms with van der Waals surface area (Å²) in [7, 11) is -1.33. The number of imidazole rings is 1. The van der Waals surface area contributed by atoms with Crippen LogP contribution in [-0.4, -0.2) is 27.6 Å². The molecule has 0 spiro atoms. The Morgan fingerprint density at radius 1 is 0.909 bits per heavy atom. The third-order valence-electron chi connectivity index (χ3n) is 7.21. The van der Waals surface area contributed by atoms with E-state index in [0.29, 0.717) is 11.5 Å². The number of furan rings is 1. The van der Waals surface area contributed by atoms with Crippen molar-refractivity contribution >= 4 is 46.4 Å². The van der Waals surface area contributed by atoms with Crippen molar-refractivity contribution in [1.29, 1.82) is 0 Å². The van der Waals surface area contributed by atoms with Crippen LogP contribution >= 0.6 is 0 Å². The van der Waals surface area contributed by atoms with E-state index in [-0.39, 0.29) is 26.0 Å². The summed E-state index contributed by atoms with van der Waals surface area (Å²) in [5.74, 6) is 0.452. The van der Waals surface area contributed by atoms with E-state index in [1.54, 1.807) is 4.57 Å². The minimum Gasteiger partial charge on any atom is -0.486 e. The number of nitrogens with zero attached hydrogens (tertiary/aromatic N) is 4. The van der Waals surface area contributed by atoms with Crippen LogP contribution in [0.5, 0.6) is 0 Å². The number of aryl methyl sites for hydroxylation is 1. The Hall–Kier alpha value is -3.90. The topological polar surface area (TPSA) is 56.7 Å². The molecule has 7 heteroatoms. The van der Waals surface area contributed by atoms with E-state index in [2.05, 4.69) is 71.0 Å². The zero-order valence-corrected chi connectivity index (χ0v) is 29.2. The third-order valence-corrected chi connectivity index (χ3v) is 9.24. The predicted molar refractivity (Wildman–Crippen MR) is 180 cm³/mol. The van der Waals surface area contributed by atoms with Gasteiger partial charge in [-0.25, -0.2) is 4.98 Å². The summed E-state index contributed by atoms with van der Waals surface area (Å²) in [5, 5.41) is 3.45. The molecule has 44 heavy (non-hydrogen) atoms. The van der Waals surface area contributed by atoms with Crippen LogP contribution in [0.3, 0.4) is 0 Å². The second-order valence-electron chi connectivity index (χ2n) is 12.0. The van der Waals surface area contributed by atoms with Gasteiger partial charge in [0, 0.05) is 46.6 Å². The Morgan fingerprint density at radius 3 is 2.41 bits per heavy atom. The first kappa shape index (κ1) is 28.8. The molecule has 0 N–H and O–H groups in total. The SMILES string of the molecule is Cc1ccc2c(n1)oc1c[c-]c(-c3ccc([Si](C)(C)C)cn3)cc12.[2H]C([2H])(C(C)C)n1c(-c2[c-]cccc2)nc2ccccc21.[Ir]. The molecule has 0 atom stereocenters. The molecule has 0 saturated heterocycles. The molecule has 0 unspecified atom stereocenters. The molecule has 7 aromatic rings. The maximum atomic E-state index is 8.49. The summed E-state index contributed by atoms with van der Waals surface area (Å²) in [4.78, 5) is 13.7. The Morgan fingerprint density at radius 2 is 1.70 bits per heavy atom. The first-order valence-corrected chi connectivity index (χ1v) is 18.1. The quantitative estimate of drug-likeness (QED) is 0.130. The van der Waals surface area contributed by atoms with E-state index in [1.165, 1.54) is 5.19 Å². The predicted octanol–water partition coefficient (Wildman–Crippen LogP) is 8.85. The van der Waals surface area contributed by atoms with Gasteiger partial charge in [0.25, 0.3) is 0 Å². The van der Waals surface area contributed by atoms with E-state index >= 15 is 0 Å². The van der Waals surface area contributed by atoms with E-state index in [9.17, 15) is 0 Å². The number of fused-ring (bicyclic) bond motifs is 4. The normalized spacial score (nSPS) is 12.5. The molecule has 225 valence electrons. The third kappa shape index (κ3) is 6.60. The Balaban J connectivity index is 0.000000179. The van der Waals surface area contributed by atoms with Gasteiger partial charge in [0.2, 0.25) is 5.71 Å². The minimum absolute atomic E-state index is 0. The number of rotatable bonds is 5. The van der Waals surface area contributed by atoms with Crippen molar-refractivity contribution in [3.63, 3.8) is 0 Å². The smallest absolute Gasteiger partial charge is 0.216 e. The summed E-state index contributed by atoms with van der Waals surface area (Å²) in [6, 6.07) is 34.0. The maximum absolute atomic E-state index is 8.49. The summed E-state index contributed by atoms with van der Waals surface area (Å²) < 4.78 is 24.5. The van der Waals surface area contributed by atoms with Gasteiger partial charge in [0.15, 0.2) is 0 Å². The summed E-state index contributed by atoms with van der Waals surface area (Å²) in [5.41, 5.74) is 6.77. The largest absolute Gasteiger partial charge is 0.486 e. The summed E-state index contributed by atoms with van der Waals surface area (Å²) in [6.07, 6.45) is 2.01. The van der Waals surface area contributed by atoms with Gasteiger partial charge in [0.05, 0.1) is 30.5 Å². The fourth-order valence-corrected chi connectivity index (χ4v) is 6.00. The van der Waals surface area contributed by atoms with Gasteiger partial charge in [-0.3, -0.25) is 4.98 Å². The molecule has 0 aliphatic carbocycles. The van der Waals surface area contributed by atoms with Gasteiger partial charge < -0.3 is 14.0 Å². The van der Waals surface area contributed by atoms with Crippen molar-refractivity contribution in [1.82, 2.24) is 19.5 Å². The van der Waals surface area contributed by atoms with Crippen LogP contribution in [0.2, 0.25) is 19.6 Å². The number of hydrogen-bond acceptors (Lipinski definition) is 4. The van der Waals surface area contributed by atoms with Crippen LogP contribution in [0, 0.1) is 25.0 Å². The van der Waals surface area contributed by atoms with E-state index in [1.807, 2.05) is 87.6 Å². The van der Waals surface area contributed by atoms with Crippen molar-refractivity contribution in [3.8, 4) is 22.6 Å². The van der Waals surface area contributed by atoms with Crippen molar-refractivity contribution in [2.45, 2.75) is 46.9 Å². The second-order valence-corrected chi connectivity index (χ2v) is 17.1. The van der Waals surface area contributed by atoms with Crippen LogP contribution in [0.15, 0.2) is 95.5 Å². The number of pyridine rings is 2. The molecule has 0 saturated carbocycles. The van der Waals surface area contributed by atoms with Gasteiger partial charge in [-0.15, -0.1) is 59.7 Å². The zero-order chi connectivity index (χ0) is 31.9. The number of hydrogen-bond donors (Lipinski definition) is 0. The van der Waals surface area contributed by atoms with Crippen LogP contribution in [0.1, 0.15) is 22.3 Å². The van der Waals surface area contributed by atoms with Gasteiger partial charge in [-0.2, -0.15) is 0 Å². The van der Waals surface area contributed by atoms with E-state index in [0.717, 1.165) is 49.9 Å². The molecule has 4 heterocycles. The molecule has 0 amide bonds. The molecule has 4 aromatic heterocycles. The van der Waals surface area contributed by atoms with Crippen molar-refractivity contribution < 1.29 is 27.3 Å². The number of aromatic nitrogens is 4. The molecule has 7 rings (SSSR count). The van der Waals surface area contributed by atoms with Gasteiger partial charge in [-0.05, 0) is 48.0 Å². The molecular weight excluding hydrogens is 737 g/mol. The average molecular weight is 775 g/mol. The van der Waals surface area contributed by atoms with Crippen molar-refractivity contribution in [2.24, 2.45) is 5.92 Å². The van der Waals surface area contributed by atoms with Gasteiger partial charge in [-0.1, -0.05) is 63.1 Å². The van der Waals surface area contributed by atoms with E-state index in [4.69, 9.17) is 7.16 Å². The van der Waals surface area contributed by atoms with Crippen LogP contribution in [-0.2, 0) is 26.6 Å². The minimum atomic E-state index is -1.52. The van der Waals surface area contributed by atoms with Crippen LogP contribution < -0.4 is 5.19 Å². The van der Waals surface area contributed by atoms with Crippen molar-refractivity contribution in [2.75, 3.05) is 0 Å². The van der Waals surface area contributed by atoms with Gasteiger partial charge in [0.1, 0.15) is 0 Å². The second kappa shape index (κ2) is 13.0.